The highest BCUT2D eigenvalue weighted by atomic mass is 19.1. The maximum Gasteiger partial charge on any atom is 0.163 e. The van der Waals surface area contributed by atoms with Crippen molar-refractivity contribution in [2.45, 2.75) is 6.10 Å². The first kappa shape index (κ1) is 20.1. The summed E-state index contributed by atoms with van der Waals surface area (Å²) in [5.74, 6) is 1.08. The lowest BCUT2D eigenvalue weighted by molar-refractivity contribution is 0.114. The number of anilines is 1. The van der Waals surface area contributed by atoms with E-state index in [-0.39, 0.29) is 6.61 Å². The maximum atomic E-state index is 13.3. The summed E-state index contributed by atoms with van der Waals surface area (Å²) < 4.78 is 21.1. The highest BCUT2D eigenvalue weighted by molar-refractivity contribution is 5.71. The zero-order valence-corrected chi connectivity index (χ0v) is 17.9. The molecule has 168 valence electrons. The van der Waals surface area contributed by atoms with Crippen LogP contribution < -0.4 is 15.0 Å². The first-order valence-corrected chi connectivity index (χ1v) is 10.9. The van der Waals surface area contributed by atoms with Gasteiger partial charge in [-0.05, 0) is 36.4 Å². The molecule has 1 unspecified atom stereocenters. The SMILES string of the molecule is OCC(Oc1cc(-c2ccc(N3CC4(CNC4)C3)nc2)cn2nccc12)c1ccc(F)cn1. The number of ether oxygens (including phenoxy) is 1. The molecule has 33 heavy (non-hydrogen) atoms. The number of pyridine rings is 3. The lowest BCUT2D eigenvalue weighted by Crippen LogP contribution is -2.71. The average Bonchev–Trinajstić information content (AvgIpc) is 3.26. The first-order valence-electron chi connectivity index (χ1n) is 10.9. The fourth-order valence-corrected chi connectivity index (χ4v) is 4.54. The zero-order valence-electron chi connectivity index (χ0n) is 17.9. The van der Waals surface area contributed by atoms with Crippen molar-refractivity contribution in [1.82, 2.24) is 24.9 Å². The Balaban J connectivity index is 1.27. The van der Waals surface area contributed by atoms with Gasteiger partial charge in [0.25, 0.3) is 0 Å². The van der Waals surface area contributed by atoms with E-state index in [2.05, 4.69) is 25.3 Å². The molecule has 0 aromatic carbocycles. The highest BCUT2D eigenvalue weighted by Gasteiger charge is 2.47. The van der Waals surface area contributed by atoms with Crippen molar-refractivity contribution >= 4 is 11.3 Å². The molecule has 9 heteroatoms. The highest BCUT2D eigenvalue weighted by Crippen LogP contribution is 2.37. The Bertz CT molecular complexity index is 1280. The average molecular weight is 446 g/mol. The number of nitrogens with zero attached hydrogens (tertiary/aromatic N) is 5. The Morgan fingerprint density at radius 1 is 1.09 bits per heavy atom. The minimum atomic E-state index is -0.736. The maximum absolute atomic E-state index is 13.3. The molecule has 2 aliphatic rings. The lowest BCUT2D eigenvalue weighted by Gasteiger charge is -2.56. The number of aromatic nitrogens is 4. The Morgan fingerprint density at radius 2 is 1.97 bits per heavy atom. The molecule has 4 aromatic heterocycles. The molecule has 0 saturated carbocycles. The van der Waals surface area contributed by atoms with E-state index in [0.717, 1.165) is 54.8 Å². The van der Waals surface area contributed by atoms with Crippen molar-refractivity contribution in [3.05, 3.63) is 72.7 Å². The van der Waals surface area contributed by atoms with Crippen LogP contribution in [-0.4, -0.2) is 57.5 Å². The topological polar surface area (TPSA) is 87.8 Å². The third-order valence-corrected chi connectivity index (χ3v) is 6.44. The predicted molar refractivity (Wildman–Crippen MR) is 121 cm³/mol. The van der Waals surface area contributed by atoms with E-state index in [1.165, 1.54) is 12.1 Å². The van der Waals surface area contributed by atoms with Crippen molar-refractivity contribution in [1.29, 1.82) is 0 Å². The molecule has 0 aliphatic carbocycles. The summed E-state index contributed by atoms with van der Waals surface area (Å²) in [4.78, 5) is 11.0. The summed E-state index contributed by atoms with van der Waals surface area (Å²) in [6.07, 6.45) is 5.84. The Kier molecular flexibility index (Phi) is 4.74. The van der Waals surface area contributed by atoms with Gasteiger partial charge >= 0.3 is 0 Å². The number of nitrogens with one attached hydrogen (secondary N) is 1. The number of fused-ring (bicyclic) bond motifs is 1. The van der Waals surface area contributed by atoms with Gasteiger partial charge in [-0.15, -0.1) is 0 Å². The second-order valence-electron chi connectivity index (χ2n) is 8.81. The van der Waals surface area contributed by atoms with Crippen LogP contribution in [-0.2, 0) is 0 Å². The van der Waals surface area contributed by atoms with E-state index in [9.17, 15) is 9.50 Å². The van der Waals surface area contributed by atoms with Crippen LogP contribution in [0.15, 0.2) is 61.2 Å². The summed E-state index contributed by atoms with van der Waals surface area (Å²) in [6.45, 7) is 3.98. The standard InChI is InChI=1S/C24H23FN6O2/c25-18-2-3-19(27-9-18)22(11-32)33-21-7-17(10-31-20(21)5-6-29-31)16-1-4-23(28-8-16)30-14-24(15-30)12-26-13-24/h1-10,22,26,32H,11-15H2. The van der Waals surface area contributed by atoms with Crippen molar-refractivity contribution in [2.75, 3.05) is 37.7 Å². The minimum Gasteiger partial charge on any atom is -0.479 e. The summed E-state index contributed by atoms with van der Waals surface area (Å²) in [7, 11) is 0. The summed E-state index contributed by atoms with van der Waals surface area (Å²) in [5.41, 5.74) is 3.46. The molecule has 1 atom stereocenters. The molecule has 6 heterocycles. The van der Waals surface area contributed by atoms with E-state index in [4.69, 9.17) is 4.74 Å². The normalized spacial score (nSPS) is 17.6. The minimum absolute atomic E-state index is 0.299. The summed E-state index contributed by atoms with van der Waals surface area (Å²) in [5, 5.41) is 17.6. The van der Waals surface area contributed by atoms with Gasteiger partial charge in [-0.25, -0.2) is 13.9 Å². The van der Waals surface area contributed by atoms with Crippen molar-refractivity contribution in [3.63, 3.8) is 0 Å². The van der Waals surface area contributed by atoms with Crippen LogP contribution in [0.3, 0.4) is 0 Å². The third-order valence-electron chi connectivity index (χ3n) is 6.44. The molecule has 0 radical (unpaired) electrons. The van der Waals surface area contributed by atoms with Gasteiger partial charge < -0.3 is 20.1 Å². The molecule has 2 N–H and O–H groups in total. The number of hydrogen-bond acceptors (Lipinski definition) is 7. The number of hydrogen-bond donors (Lipinski definition) is 2. The monoisotopic (exact) mass is 446 g/mol. The molecule has 0 amide bonds. The number of aliphatic hydroxyl groups excluding tert-OH is 1. The van der Waals surface area contributed by atoms with Crippen LogP contribution >= 0.6 is 0 Å². The Hall–Kier alpha value is -3.56. The second kappa shape index (κ2) is 7.79. The lowest BCUT2D eigenvalue weighted by atomic mass is 9.74. The first-order chi connectivity index (χ1) is 16.1. The Morgan fingerprint density at radius 3 is 2.64 bits per heavy atom. The van der Waals surface area contributed by atoms with Gasteiger partial charge in [0.1, 0.15) is 22.9 Å². The van der Waals surface area contributed by atoms with Gasteiger partial charge in [0.05, 0.1) is 24.7 Å². The zero-order chi connectivity index (χ0) is 22.4. The number of halogens is 1. The molecule has 8 nitrogen and oxygen atoms in total. The van der Waals surface area contributed by atoms with E-state index >= 15 is 0 Å². The van der Waals surface area contributed by atoms with E-state index < -0.39 is 11.9 Å². The van der Waals surface area contributed by atoms with Crippen LogP contribution in [0.2, 0.25) is 0 Å². The van der Waals surface area contributed by atoms with Gasteiger partial charge in [0.15, 0.2) is 6.10 Å². The van der Waals surface area contributed by atoms with Crippen LogP contribution in [0.25, 0.3) is 16.6 Å². The molecule has 2 aliphatic heterocycles. The van der Waals surface area contributed by atoms with E-state index in [1.807, 2.05) is 36.7 Å². The van der Waals surface area contributed by atoms with Crippen LogP contribution in [0.5, 0.6) is 5.75 Å². The fourth-order valence-electron chi connectivity index (χ4n) is 4.54. The van der Waals surface area contributed by atoms with Gasteiger partial charge in [0, 0.05) is 55.1 Å². The molecule has 2 saturated heterocycles. The molecule has 2 fully saturated rings. The van der Waals surface area contributed by atoms with Gasteiger partial charge in [-0.3, -0.25) is 4.98 Å². The van der Waals surface area contributed by atoms with Crippen molar-refractivity contribution < 1.29 is 14.2 Å². The van der Waals surface area contributed by atoms with E-state index in [0.29, 0.717) is 16.9 Å². The second-order valence-corrected chi connectivity index (χ2v) is 8.81. The molecule has 6 rings (SSSR count). The predicted octanol–water partition coefficient (Wildman–Crippen LogP) is 2.45. The molecule has 0 bridgehead atoms. The van der Waals surface area contributed by atoms with Crippen LogP contribution in [0, 0.1) is 11.2 Å². The Labute approximate surface area is 189 Å². The third kappa shape index (κ3) is 3.59. The van der Waals surface area contributed by atoms with Crippen LogP contribution in [0.1, 0.15) is 11.8 Å². The van der Waals surface area contributed by atoms with Crippen molar-refractivity contribution in [3.8, 4) is 16.9 Å². The largest absolute Gasteiger partial charge is 0.479 e. The van der Waals surface area contributed by atoms with Crippen LogP contribution in [0.4, 0.5) is 10.2 Å². The molecule has 4 aromatic rings. The summed E-state index contributed by atoms with van der Waals surface area (Å²) >= 11 is 0. The molecular weight excluding hydrogens is 423 g/mol. The quantitative estimate of drug-likeness (QED) is 0.470. The van der Waals surface area contributed by atoms with Gasteiger partial charge in [-0.2, -0.15) is 5.10 Å². The number of aliphatic hydroxyl groups is 1. The van der Waals surface area contributed by atoms with Gasteiger partial charge in [0.2, 0.25) is 0 Å². The fraction of sp³-hybridized carbons (Fsp3) is 0.292. The smallest absolute Gasteiger partial charge is 0.163 e. The summed E-state index contributed by atoms with van der Waals surface area (Å²) in [6, 6.07) is 10.6. The van der Waals surface area contributed by atoms with Gasteiger partial charge in [-0.1, -0.05) is 0 Å². The van der Waals surface area contributed by atoms with Crippen molar-refractivity contribution in [2.24, 2.45) is 5.41 Å². The molecule has 1 spiro atoms. The number of rotatable bonds is 6. The van der Waals surface area contributed by atoms with E-state index in [1.54, 1.807) is 10.7 Å². The molecular formula is C24H23FN6O2.